The Kier molecular flexibility index (Phi) is 5.88. The lowest BCUT2D eigenvalue weighted by molar-refractivity contribution is 0.210. The Morgan fingerprint density at radius 1 is 1.23 bits per heavy atom. The minimum Gasteiger partial charge on any atom is -0.394 e. The van der Waals surface area contributed by atoms with Crippen LogP contribution < -0.4 is 5.32 Å². The first-order chi connectivity index (χ1) is 14.5. The molecular formula is C24H28N2O3S. The lowest BCUT2D eigenvalue weighted by atomic mass is 9.83. The third-order valence-corrected chi connectivity index (χ3v) is 8.15. The van der Waals surface area contributed by atoms with Crippen LogP contribution >= 0.6 is 0 Å². The van der Waals surface area contributed by atoms with E-state index in [0.717, 1.165) is 35.2 Å². The number of fused-ring (bicyclic) bond motifs is 3. The van der Waals surface area contributed by atoms with Crippen molar-refractivity contribution in [3.8, 4) is 11.8 Å². The monoisotopic (exact) mass is 424 g/mol. The Morgan fingerprint density at radius 3 is 2.77 bits per heavy atom. The van der Waals surface area contributed by atoms with E-state index in [2.05, 4.69) is 24.1 Å². The third-order valence-electron chi connectivity index (χ3n) is 6.11. The van der Waals surface area contributed by atoms with E-state index < -0.39 is 10.0 Å². The summed E-state index contributed by atoms with van der Waals surface area (Å²) < 4.78 is 28.9. The molecule has 2 aromatic carbocycles. The second-order valence-corrected chi connectivity index (χ2v) is 9.92. The van der Waals surface area contributed by atoms with Crippen molar-refractivity contribution >= 4 is 15.7 Å². The van der Waals surface area contributed by atoms with Gasteiger partial charge in [-0.1, -0.05) is 37.0 Å². The van der Waals surface area contributed by atoms with Crippen LogP contribution in [0.4, 0.5) is 5.69 Å². The van der Waals surface area contributed by atoms with Gasteiger partial charge in [0.1, 0.15) is 0 Å². The van der Waals surface area contributed by atoms with Crippen LogP contribution in [0, 0.1) is 24.7 Å². The maximum Gasteiger partial charge on any atom is 0.243 e. The number of aliphatic hydroxyl groups excluding tert-OH is 1. The average Bonchev–Trinajstić information content (AvgIpc) is 3.20. The molecule has 0 spiro atoms. The van der Waals surface area contributed by atoms with E-state index in [1.807, 2.05) is 37.3 Å². The number of rotatable bonds is 4. The molecule has 30 heavy (non-hydrogen) atoms. The maximum absolute atomic E-state index is 13.6. The summed E-state index contributed by atoms with van der Waals surface area (Å²) in [7, 11) is -3.66. The van der Waals surface area contributed by atoms with E-state index in [4.69, 9.17) is 0 Å². The van der Waals surface area contributed by atoms with Gasteiger partial charge in [-0.25, -0.2) is 8.42 Å². The normalized spacial score (nSPS) is 23.1. The van der Waals surface area contributed by atoms with Gasteiger partial charge in [0, 0.05) is 30.1 Å². The van der Waals surface area contributed by atoms with Gasteiger partial charge in [0.15, 0.2) is 0 Å². The lowest BCUT2D eigenvalue weighted by Crippen LogP contribution is -2.43. The Morgan fingerprint density at radius 2 is 2.03 bits per heavy atom. The summed E-state index contributed by atoms with van der Waals surface area (Å²) in [4.78, 5) is 0.352. The third kappa shape index (κ3) is 3.62. The van der Waals surface area contributed by atoms with Crippen LogP contribution in [0.3, 0.4) is 0 Å². The topological polar surface area (TPSA) is 69.6 Å². The molecule has 4 rings (SSSR count). The Balaban J connectivity index is 1.80. The summed E-state index contributed by atoms with van der Waals surface area (Å²) in [6.45, 7) is 4.33. The minimum absolute atomic E-state index is 0.0140. The Labute approximate surface area is 179 Å². The largest absolute Gasteiger partial charge is 0.394 e. The number of unbranched alkanes of at least 4 members (excludes halogenated alkanes) is 1. The molecule has 0 unspecified atom stereocenters. The van der Waals surface area contributed by atoms with Crippen molar-refractivity contribution in [1.29, 1.82) is 0 Å². The summed E-state index contributed by atoms with van der Waals surface area (Å²) in [6.07, 6.45) is 2.55. The average molecular weight is 425 g/mol. The standard InChI is InChI=1S/C24H28N2O3S/c1-3-4-5-9-18-11-12-21-20(15-18)24-19(22(16-27)25-21)13-14-26(24)30(28,29)23-10-7-6-8-17(23)2/h6-8,10-12,15,19,22,24-25,27H,3-4,13-14,16H2,1-2H3/t19-,22+,24-/m1/s1. The molecule has 0 saturated carbocycles. The van der Waals surface area contributed by atoms with Crippen LogP contribution in [0.1, 0.15) is 48.9 Å². The van der Waals surface area contributed by atoms with Gasteiger partial charge in [-0.2, -0.15) is 4.31 Å². The number of nitrogens with zero attached hydrogens (tertiary/aromatic N) is 1. The van der Waals surface area contributed by atoms with E-state index in [1.54, 1.807) is 16.4 Å². The summed E-state index contributed by atoms with van der Waals surface area (Å²) in [5.74, 6) is 6.38. The fraction of sp³-hybridized carbons (Fsp3) is 0.417. The van der Waals surface area contributed by atoms with E-state index in [1.165, 1.54) is 0 Å². The van der Waals surface area contributed by atoms with E-state index in [0.29, 0.717) is 17.9 Å². The molecule has 3 atom stereocenters. The second kappa shape index (κ2) is 8.43. The summed E-state index contributed by atoms with van der Waals surface area (Å²) in [5.41, 5.74) is 3.46. The van der Waals surface area contributed by atoms with Gasteiger partial charge in [-0.05, 0) is 55.2 Å². The van der Waals surface area contributed by atoms with Gasteiger partial charge in [0.05, 0.1) is 23.6 Å². The molecule has 2 aliphatic rings. The van der Waals surface area contributed by atoms with E-state index >= 15 is 0 Å². The van der Waals surface area contributed by atoms with Gasteiger partial charge in [-0.3, -0.25) is 0 Å². The summed E-state index contributed by atoms with van der Waals surface area (Å²) in [6, 6.07) is 12.6. The molecule has 0 radical (unpaired) electrons. The zero-order valence-corrected chi connectivity index (χ0v) is 18.2. The molecule has 0 amide bonds. The highest BCUT2D eigenvalue weighted by molar-refractivity contribution is 7.89. The second-order valence-electron chi connectivity index (χ2n) is 8.07. The molecule has 2 aromatic rings. The molecule has 2 N–H and O–H groups in total. The Bertz CT molecular complexity index is 1100. The predicted molar refractivity (Wildman–Crippen MR) is 119 cm³/mol. The molecule has 158 valence electrons. The van der Waals surface area contributed by atoms with Crippen molar-refractivity contribution in [1.82, 2.24) is 4.31 Å². The number of nitrogens with one attached hydrogen (secondary N) is 1. The zero-order valence-electron chi connectivity index (χ0n) is 17.4. The number of hydrogen-bond donors (Lipinski definition) is 2. The van der Waals surface area contributed by atoms with Gasteiger partial charge < -0.3 is 10.4 Å². The van der Waals surface area contributed by atoms with Gasteiger partial charge in [0.25, 0.3) is 0 Å². The van der Waals surface area contributed by atoms with Crippen LogP contribution in [-0.4, -0.2) is 37.0 Å². The molecule has 0 aromatic heterocycles. The number of anilines is 1. The van der Waals surface area contributed by atoms with Crippen molar-refractivity contribution < 1.29 is 13.5 Å². The van der Waals surface area contributed by atoms with Crippen molar-refractivity contribution in [2.75, 3.05) is 18.5 Å². The first kappa shape index (κ1) is 20.9. The number of hydrogen-bond acceptors (Lipinski definition) is 4. The molecule has 0 aliphatic carbocycles. The van der Waals surface area contributed by atoms with Crippen LogP contribution in [0.5, 0.6) is 0 Å². The number of benzene rings is 2. The molecule has 2 aliphatic heterocycles. The van der Waals surface area contributed by atoms with Crippen molar-refractivity contribution in [2.45, 2.75) is 50.1 Å². The fourth-order valence-corrected chi connectivity index (χ4v) is 6.52. The number of aryl methyl sites for hydroxylation is 1. The minimum atomic E-state index is -3.66. The molecule has 0 bridgehead atoms. The van der Waals surface area contributed by atoms with Gasteiger partial charge in [-0.15, -0.1) is 0 Å². The SMILES string of the molecule is CCCC#Cc1ccc2c(c1)[C@H]1[C@H](CCN1S(=O)(=O)c1ccccc1C)[C@H](CO)N2. The smallest absolute Gasteiger partial charge is 0.243 e. The van der Waals surface area contributed by atoms with Crippen molar-refractivity contribution in [3.63, 3.8) is 0 Å². The first-order valence-electron chi connectivity index (χ1n) is 10.5. The van der Waals surface area contributed by atoms with Gasteiger partial charge in [0.2, 0.25) is 10.0 Å². The lowest BCUT2D eigenvalue weighted by Gasteiger charge is -2.39. The van der Waals surface area contributed by atoms with Crippen LogP contribution in [0.25, 0.3) is 0 Å². The number of aliphatic hydroxyl groups is 1. The predicted octanol–water partition coefficient (Wildman–Crippen LogP) is 3.68. The molecular weight excluding hydrogens is 396 g/mol. The van der Waals surface area contributed by atoms with Gasteiger partial charge >= 0.3 is 0 Å². The number of sulfonamides is 1. The highest BCUT2D eigenvalue weighted by atomic mass is 32.2. The molecule has 1 saturated heterocycles. The highest BCUT2D eigenvalue weighted by Gasteiger charge is 2.48. The van der Waals surface area contributed by atoms with Crippen molar-refractivity contribution in [3.05, 3.63) is 59.2 Å². The summed E-state index contributed by atoms with van der Waals surface area (Å²) >= 11 is 0. The van der Waals surface area contributed by atoms with E-state index in [-0.39, 0.29) is 24.6 Å². The Hall–Kier alpha value is -2.33. The maximum atomic E-state index is 13.6. The molecule has 6 heteroatoms. The highest BCUT2D eigenvalue weighted by Crippen LogP contribution is 2.48. The molecule has 2 heterocycles. The molecule has 1 fully saturated rings. The fourth-order valence-electron chi connectivity index (χ4n) is 4.63. The first-order valence-corrected chi connectivity index (χ1v) is 12.0. The zero-order chi connectivity index (χ0) is 21.3. The van der Waals surface area contributed by atoms with Crippen LogP contribution in [0.2, 0.25) is 0 Å². The van der Waals surface area contributed by atoms with Crippen molar-refractivity contribution in [2.24, 2.45) is 5.92 Å². The van der Waals surface area contributed by atoms with Crippen LogP contribution in [-0.2, 0) is 10.0 Å². The van der Waals surface area contributed by atoms with Crippen LogP contribution in [0.15, 0.2) is 47.4 Å². The van der Waals surface area contributed by atoms with E-state index in [9.17, 15) is 13.5 Å². The quantitative estimate of drug-likeness (QED) is 0.735. The summed E-state index contributed by atoms with van der Waals surface area (Å²) in [5, 5.41) is 13.4. The molecule has 5 nitrogen and oxygen atoms in total.